The van der Waals surface area contributed by atoms with Crippen LogP contribution in [-0.4, -0.2) is 27.2 Å². The predicted octanol–water partition coefficient (Wildman–Crippen LogP) is 2.37. The van der Waals surface area contributed by atoms with Crippen LogP contribution in [0.1, 0.15) is 16.8 Å². The molecular weight excluding hydrogens is 274 g/mol. The van der Waals surface area contributed by atoms with E-state index in [1.54, 1.807) is 17.4 Å². The summed E-state index contributed by atoms with van der Waals surface area (Å²) in [6.07, 6.45) is 1.10. The number of thiazole rings is 1. The van der Waals surface area contributed by atoms with Crippen molar-refractivity contribution < 1.29 is 9.84 Å². The van der Waals surface area contributed by atoms with Crippen molar-refractivity contribution in [2.45, 2.75) is 12.5 Å². The van der Waals surface area contributed by atoms with Crippen LogP contribution < -0.4 is 4.74 Å². The van der Waals surface area contributed by atoms with E-state index in [-0.39, 0.29) is 0 Å². The number of ether oxygens (including phenoxy) is 1. The van der Waals surface area contributed by atoms with Crippen LogP contribution in [-0.2, 0) is 6.42 Å². The van der Waals surface area contributed by atoms with Crippen molar-refractivity contribution in [1.29, 1.82) is 0 Å². The summed E-state index contributed by atoms with van der Waals surface area (Å²) in [5.74, 6) is 0.443. The van der Waals surface area contributed by atoms with Gasteiger partial charge in [-0.25, -0.2) is 15.0 Å². The third-order valence-electron chi connectivity index (χ3n) is 2.92. The summed E-state index contributed by atoms with van der Waals surface area (Å²) in [5.41, 5.74) is 1.50. The van der Waals surface area contributed by atoms with E-state index in [1.165, 1.54) is 13.4 Å². The van der Waals surface area contributed by atoms with Crippen LogP contribution >= 0.6 is 11.3 Å². The molecule has 3 aromatic rings. The van der Waals surface area contributed by atoms with Crippen molar-refractivity contribution in [3.8, 4) is 5.88 Å². The lowest BCUT2D eigenvalue weighted by Crippen LogP contribution is -2.05. The van der Waals surface area contributed by atoms with Crippen LogP contribution in [0, 0.1) is 0 Å². The predicted molar refractivity (Wildman–Crippen MR) is 76.9 cm³/mol. The lowest BCUT2D eigenvalue weighted by atomic mass is 10.2. The second kappa shape index (κ2) is 5.52. The van der Waals surface area contributed by atoms with E-state index in [0.29, 0.717) is 18.0 Å². The molecule has 20 heavy (non-hydrogen) atoms. The molecule has 0 amide bonds. The highest BCUT2D eigenvalue weighted by molar-refractivity contribution is 7.18. The van der Waals surface area contributed by atoms with Gasteiger partial charge in [0.2, 0.25) is 5.88 Å². The molecule has 0 bridgehead atoms. The number of hydrogen-bond acceptors (Lipinski definition) is 6. The zero-order valence-corrected chi connectivity index (χ0v) is 11.7. The number of aromatic nitrogens is 3. The van der Waals surface area contributed by atoms with Crippen LogP contribution in [0.4, 0.5) is 0 Å². The zero-order chi connectivity index (χ0) is 13.9. The maximum atomic E-state index is 10.2. The molecule has 5 nitrogen and oxygen atoms in total. The van der Waals surface area contributed by atoms with Crippen LogP contribution in [0.5, 0.6) is 5.88 Å². The summed E-state index contributed by atoms with van der Waals surface area (Å²) >= 11 is 1.58. The molecule has 0 spiro atoms. The molecule has 0 fully saturated rings. The molecule has 0 radical (unpaired) electrons. The summed E-state index contributed by atoms with van der Waals surface area (Å²) in [4.78, 5) is 12.5. The number of rotatable bonds is 4. The maximum Gasteiger partial charge on any atom is 0.216 e. The number of aliphatic hydroxyl groups is 1. The standard InChI is InChI=1S/C14H13N3O2S/c1-19-13-6-10(15-8-16-13)11(18)7-14-17-9-4-2-3-5-12(9)20-14/h2-6,8,11,18H,7H2,1H3. The van der Waals surface area contributed by atoms with E-state index in [0.717, 1.165) is 15.2 Å². The quantitative estimate of drug-likeness (QED) is 0.798. The Morgan fingerprint density at radius 3 is 2.95 bits per heavy atom. The minimum atomic E-state index is -0.715. The molecule has 0 saturated carbocycles. The number of aliphatic hydroxyl groups excluding tert-OH is 1. The lowest BCUT2D eigenvalue weighted by molar-refractivity contribution is 0.172. The van der Waals surface area contributed by atoms with Gasteiger partial charge in [-0.15, -0.1) is 11.3 Å². The summed E-state index contributed by atoms with van der Waals surface area (Å²) < 4.78 is 6.15. The average molecular weight is 287 g/mol. The molecule has 3 rings (SSSR count). The molecule has 0 aliphatic carbocycles. The summed E-state index contributed by atoms with van der Waals surface area (Å²) in [6.45, 7) is 0. The number of benzene rings is 1. The van der Waals surface area contributed by atoms with Crippen LogP contribution in [0.3, 0.4) is 0 Å². The van der Waals surface area contributed by atoms with Gasteiger partial charge in [0.05, 0.1) is 28.0 Å². The van der Waals surface area contributed by atoms with Crippen molar-refractivity contribution in [2.24, 2.45) is 0 Å². The Hall–Kier alpha value is -2.05. The Bertz CT molecular complexity index is 696. The molecule has 0 aliphatic rings. The highest BCUT2D eigenvalue weighted by atomic mass is 32.1. The Balaban J connectivity index is 1.82. The molecule has 2 heterocycles. The third-order valence-corrected chi connectivity index (χ3v) is 3.98. The van der Waals surface area contributed by atoms with Crippen molar-refractivity contribution in [1.82, 2.24) is 15.0 Å². The van der Waals surface area contributed by atoms with Crippen LogP contribution in [0.2, 0.25) is 0 Å². The largest absolute Gasteiger partial charge is 0.481 e. The van der Waals surface area contributed by atoms with Gasteiger partial charge in [-0.3, -0.25) is 0 Å². The normalized spacial score (nSPS) is 12.5. The summed E-state index contributed by atoms with van der Waals surface area (Å²) in [5, 5.41) is 11.1. The van der Waals surface area contributed by atoms with Gasteiger partial charge in [0, 0.05) is 12.5 Å². The summed E-state index contributed by atoms with van der Waals surface area (Å²) in [6, 6.07) is 9.57. The van der Waals surface area contributed by atoms with Gasteiger partial charge in [0.15, 0.2) is 0 Å². The average Bonchev–Trinajstić information content (AvgIpc) is 2.89. The van der Waals surface area contributed by atoms with Gasteiger partial charge >= 0.3 is 0 Å². The Labute approximate surface area is 119 Å². The van der Waals surface area contributed by atoms with Crippen LogP contribution in [0.25, 0.3) is 10.2 Å². The van der Waals surface area contributed by atoms with Gasteiger partial charge < -0.3 is 9.84 Å². The molecule has 1 atom stereocenters. The van der Waals surface area contributed by atoms with E-state index in [1.807, 2.05) is 24.3 Å². The van der Waals surface area contributed by atoms with Gasteiger partial charge in [0.1, 0.15) is 12.4 Å². The number of fused-ring (bicyclic) bond motifs is 1. The molecule has 102 valence electrons. The van der Waals surface area contributed by atoms with Crippen molar-refractivity contribution in [3.63, 3.8) is 0 Å². The van der Waals surface area contributed by atoms with Gasteiger partial charge in [-0.05, 0) is 12.1 Å². The second-order valence-corrected chi connectivity index (χ2v) is 5.40. The number of nitrogens with zero attached hydrogens (tertiary/aromatic N) is 3. The number of hydrogen-bond donors (Lipinski definition) is 1. The Morgan fingerprint density at radius 2 is 2.15 bits per heavy atom. The summed E-state index contributed by atoms with van der Waals surface area (Å²) in [7, 11) is 1.53. The first-order valence-electron chi connectivity index (χ1n) is 6.14. The smallest absolute Gasteiger partial charge is 0.216 e. The molecule has 0 aliphatic heterocycles. The third kappa shape index (κ3) is 2.61. The molecule has 1 unspecified atom stereocenters. The first-order valence-corrected chi connectivity index (χ1v) is 6.96. The van der Waals surface area contributed by atoms with Crippen molar-refractivity contribution in [3.05, 3.63) is 47.4 Å². The second-order valence-electron chi connectivity index (χ2n) is 4.28. The Morgan fingerprint density at radius 1 is 1.30 bits per heavy atom. The molecule has 1 N–H and O–H groups in total. The van der Waals surface area contributed by atoms with Gasteiger partial charge in [0.25, 0.3) is 0 Å². The molecule has 0 saturated heterocycles. The Kier molecular flexibility index (Phi) is 3.58. The highest BCUT2D eigenvalue weighted by Gasteiger charge is 2.14. The lowest BCUT2D eigenvalue weighted by Gasteiger charge is -2.08. The monoisotopic (exact) mass is 287 g/mol. The maximum absolute atomic E-state index is 10.2. The highest BCUT2D eigenvalue weighted by Crippen LogP contribution is 2.26. The van der Waals surface area contributed by atoms with E-state index in [9.17, 15) is 5.11 Å². The first-order chi connectivity index (χ1) is 9.76. The topological polar surface area (TPSA) is 68.1 Å². The van der Waals surface area contributed by atoms with E-state index >= 15 is 0 Å². The molecule has 6 heteroatoms. The van der Waals surface area contributed by atoms with E-state index in [4.69, 9.17) is 4.74 Å². The van der Waals surface area contributed by atoms with Gasteiger partial charge in [-0.1, -0.05) is 12.1 Å². The fourth-order valence-electron chi connectivity index (χ4n) is 1.92. The fourth-order valence-corrected chi connectivity index (χ4v) is 2.93. The molecular formula is C14H13N3O2S. The minimum Gasteiger partial charge on any atom is -0.481 e. The molecule has 2 aromatic heterocycles. The first kappa shape index (κ1) is 13.0. The SMILES string of the molecule is COc1cc(C(O)Cc2nc3ccccc3s2)ncn1. The van der Waals surface area contributed by atoms with Crippen molar-refractivity contribution in [2.75, 3.05) is 7.11 Å². The van der Waals surface area contributed by atoms with E-state index in [2.05, 4.69) is 15.0 Å². The van der Waals surface area contributed by atoms with Crippen LogP contribution in [0.15, 0.2) is 36.7 Å². The fraction of sp³-hybridized carbons (Fsp3) is 0.214. The van der Waals surface area contributed by atoms with E-state index < -0.39 is 6.10 Å². The number of para-hydroxylation sites is 1. The number of methoxy groups -OCH3 is 1. The van der Waals surface area contributed by atoms with Crippen molar-refractivity contribution >= 4 is 21.6 Å². The van der Waals surface area contributed by atoms with Gasteiger partial charge in [-0.2, -0.15) is 0 Å². The zero-order valence-electron chi connectivity index (χ0n) is 10.9. The minimum absolute atomic E-state index is 0.430. The molecule has 1 aromatic carbocycles.